The van der Waals surface area contributed by atoms with Crippen LogP contribution < -0.4 is 5.32 Å². The van der Waals surface area contributed by atoms with Crippen molar-refractivity contribution < 1.29 is 14.3 Å². The first-order valence-electron chi connectivity index (χ1n) is 8.11. The lowest BCUT2D eigenvalue weighted by molar-refractivity contribution is -0.175. The molecule has 6 nitrogen and oxygen atoms in total. The number of hydrogen-bond acceptors (Lipinski definition) is 4. The van der Waals surface area contributed by atoms with Gasteiger partial charge in [-0.05, 0) is 32.3 Å². The minimum absolute atomic E-state index is 0.0643. The first-order chi connectivity index (χ1) is 10.7. The van der Waals surface area contributed by atoms with Gasteiger partial charge >= 0.3 is 0 Å². The fraction of sp³-hybridized carbons (Fsp3) is 0.750. The fourth-order valence-electron chi connectivity index (χ4n) is 3.79. The molecule has 3 rings (SSSR count). The van der Waals surface area contributed by atoms with Crippen LogP contribution in [0.4, 0.5) is 0 Å². The van der Waals surface area contributed by atoms with Crippen molar-refractivity contribution in [2.75, 3.05) is 19.8 Å². The maximum absolute atomic E-state index is 12.3. The molecule has 0 bridgehead atoms. The number of nitrogens with zero attached hydrogens (tertiary/aromatic N) is 2. The highest BCUT2D eigenvalue weighted by molar-refractivity contribution is 5.78. The molecule has 1 aliphatic heterocycles. The molecule has 1 saturated heterocycles. The molecule has 1 spiro atoms. The number of amides is 1. The second kappa shape index (κ2) is 6.38. The first-order valence-corrected chi connectivity index (χ1v) is 8.11. The Hall–Kier alpha value is -1.40. The van der Waals surface area contributed by atoms with Crippen molar-refractivity contribution in [3.63, 3.8) is 0 Å². The predicted octanol–water partition coefficient (Wildman–Crippen LogP) is 1.05. The zero-order valence-corrected chi connectivity index (χ0v) is 13.4. The Balaban J connectivity index is 1.62. The van der Waals surface area contributed by atoms with Gasteiger partial charge in [-0.2, -0.15) is 5.10 Å². The number of rotatable bonds is 5. The lowest BCUT2D eigenvalue weighted by Crippen LogP contribution is -2.66. The van der Waals surface area contributed by atoms with E-state index in [2.05, 4.69) is 10.4 Å². The average molecular weight is 307 g/mol. The van der Waals surface area contributed by atoms with Crippen molar-refractivity contribution in [3.8, 4) is 0 Å². The largest absolute Gasteiger partial charge is 0.381 e. The Morgan fingerprint density at radius 3 is 2.95 bits per heavy atom. The molecule has 1 amide bonds. The lowest BCUT2D eigenvalue weighted by Gasteiger charge is -2.57. The highest BCUT2D eigenvalue weighted by Gasteiger charge is 2.56. The summed E-state index contributed by atoms with van der Waals surface area (Å²) in [7, 11) is 1.86. The van der Waals surface area contributed by atoms with Gasteiger partial charge in [0.1, 0.15) is 0 Å². The molecule has 0 unspecified atom stereocenters. The van der Waals surface area contributed by atoms with E-state index < -0.39 is 0 Å². The van der Waals surface area contributed by atoms with E-state index >= 15 is 0 Å². The van der Waals surface area contributed by atoms with Crippen molar-refractivity contribution in [2.45, 2.75) is 44.8 Å². The van der Waals surface area contributed by atoms with Crippen LogP contribution >= 0.6 is 0 Å². The SMILES string of the molecule is CCO[C@@H]1C[C@@H](NC(=O)Cc2ccnn2C)C12CCOCC2. The Morgan fingerprint density at radius 2 is 2.32 bits per heavy atom. The molecule has 1 aliphatic carbocycles. The van der Waals surface area contributed by atoms with Crippen molar-refractivity contribution in [1.82, 2.24) is 15.1 Å². The van der Waals surface area contributed by atoms with E-state index in [4.69, 9.17) is 9.47 Å². The molecule has 1 aromatic heterocycles. The van der Waals surface area contributed by atoms with Crippen LogP contribution in [0.25, 0.3) is 0 Å². The van der Waals surface area contributed by atoms with Crippen LogP contribution in [-0.4, -0.2) is 47.7 Å². The maximum Gasteiger partial charge on any atom is 0.226 e. The van der Waals surface area contributed by atoms with Gasteiger partial charge in [-0.1, -0.05) is 0 Å². The molecule has 0 aromatic carbocycles. The monoisotopic (exact) mass is 307 g/mol. The van der Waals surface area contributed by atoms with Crippen molar-refractivity contribution in [1.29, 1.82) is 0 Å². The maximum atomic E-state index is 12.3. The summed E-state index contributed by atoms with van der Waals surface area (Å²) in [6, 6.07) is 2.08. The van der Waals surface area contributed by atoms with E-state index in [1.807, 2.05) is 20.0 Å². The van der Waals surface area contributed by atoms with Crippen molar-refractivity contribution in [2.24, 2.45) is 12.5 Å². The molecule has 6 heteroatoms. The Kier molecular flexibility index (Phi) is 4.49. The predicted molar refractivity (Wildman–Crippen MR) is 81.4 cm³/mol. The number of aromatic nitrogens is 2. The number of hydrogen-bond donors (Lipinski definition) is 1. The van der Waals surface area contributed by atoms with E-state index in [0.717, 1.165) is 44.8 Å². The Morgan fingerprint density at radius 1 is 1.55 bits per heavy atom. The molecule has 0 radical (unpaired) electrons. The quantitative estimate of drug-likeness (QED) is 0.883. The highest BCUT2D eigenvalue weighted by atomic mass is 16.5. The van der Waals surface area contributed by atoms with Crippen LogP contribution in [0.3, 0.4) is 0 Å². The van der Waals surface area contributed by atoms with E-state index in [1.165, 1.54) is 0 Å². The smallest absolute Gasteiger partial charge is 0.226 e. The third-order valence-corrected chi connectivity index (χ3v) is 5.18. The van der Waals surface area contributed by atoms with Crippen molar-refractivity contribution >= 4 is 5.91 Å². The third-order valence-electron chi connectivity index (χ3n) is 5.18. The molecule has 1 aromatic rings. The molecule has 2 heterocycles. The van der Waals surface area contributed by atoms with Gasteiger partial charge in [-0.3, -0.25) is 9.48 Å². The van der Waals surface area contributed by atoms with Crippen LogP contribution in [0.2, 0.25) is 0 Å². The number of ether oxygens (including phenoxy) is 2. The second-order valence-electron chi connectivity index (χ2n) is 6.27. The normalized spacial score (nSPS) is 26.6. The van der Waals surface area contributed by atoms with Crippen molar-refractivity contribution in [3.05, 3.63) is 18.0 Å². The Bertz CT molecular complexity index is 522. The molecule has 1 saturated carbocycles. The molecule has 22 heavy (non-hydrogen) atoms. The number of carbonyl (C=O) groups is 1. The van der Waals surface area contributed by atoms with Crippen LogP contribution in [-0.2, 0) is 27.7 Å². The van der Waals surface area contributed by atoms with E-state index in [-0.39, 0.29) is 23.5 Å². The van der Waals surface area contributed by atoms with Gasteiger partial charge in [0, 0.05) is 50.2 Å². The molecular formula is C16H25N3O3. The fourth-order valence-corrected chi connectivity index (χ4v) is 3.79. The summed E-state index contributed by atoms with van der Waals surface area (Å²) in [5.41, 5.74) is 0.996. The molecule has 2 atom stereocenters. The van der Waals surface area contributed by atoms with E-state index in [9.17, 15) is 4.79 Å². The summed E-state index contributed by atoms with van der Waals surface area (Å²) in [5.74, 6) is 0.0643. The number of nitrogens with one attached hydrogen (secondary N) is 1. The average Bonchev–Trinajstić information content (AvgIpc) is 2.92. The molecule has 2 fully saturated rings. The summed E-state index contributed by atoms with van der Waals surface area (Å²) in [4.78, 5) is 12.3. The van der Waals surface area contributed by atoms with Crippen LogP contribution in [0, 0.1) is 5.41 Å². The Labute approximate surface area is 131 Å². The standard InChI is InChI=1S/C16H25N3O3/c1-3-22-14-11-13(16(14)5-8-21-9-6-16)18-15(20)10-12-4-7-17-19(12)2/h4,7,13-14H,3,5-6,8-11H2,1-2H3,(H,18,20)/t13-,14-/m1/s1. The summed E-state index contributed by atoms with van der Waals surface area (Å²) < 4.78 is 13.1. The second-order valence-corrected chi connectivity index (χ2v) is 6.27. The van der Waals surface area contributed by atoms with E-state index in [0.29, 0.717) is 6.42 Å². The molecule has 2 aliphatic rings. The zero-order valence-electron chi connectivity index (χ0n) is 13.4. The van der Waals surface area contributed by atoms with Crippen LogP contribution in [0.5, 0.6) is 0 Å². The first kappa shape index (κ1) is 15.5. The topological polar surface area (TPSA) is 65.4 Å². The number of aryl methyl sites for hydroxylation is 1. The minimum Gasteiger partial charge on any atom is -0.381 e. The van der Waals surface area contributed by atoms with Crippen LogP contribution in [0.1, 0.15) is 31.9 Å². The van der Waals surface area contributed by atoms with Gasteiger partial charge in [0.2, 0.25) is 5.91 Å². The van der Waals surface area contributed by atoms with Gasteiger partial charge in [-0.25, -0.2) is 0 Å². The van der Waals surface area contributed by atoms with Gasteiger partial charge in [0.15, 0.2) is 0 Å². The highest BCUT2D eigenvalue weighted by Crippen LogP contribution is 2.50. The lowest BCUT2D eigenvalue weighted by atomic mass is 9.57. The zero-order chi connectivity index (χ0) is 15.6. The third kappa shape index (κ3) is 2.77. The molecule has 1 N–H and O–H groups in total. The van der Waals surface area contributed by atoms with E-state index in [1.54, 1.807) is 10.9 Å². The molecule has 122 valence electrons. The van der Waals surface area contributed by atoms with Gasteiger partial charge in [-0.15, -0.1) is 0 Å². The summed E-state index contributed by atoms with van der Waals surface area (Å²) >= 11 is 0. The summed E-state index contributed by atoms with van der Waals surface area (Å²) in [5, 5.41) is 7.32. The van der Waals surface area contributed by atoms with Gasteiger partial charge in [0.25, 0.3) is 0 Å². The summed E-state index contributed by atoms with van der Waals surface area (Å²) in [6.45, 7) is 4.28. The minimum atomic E-state index is 0.0643. The molecular weight excluding hydrogens is 282 g/mol. The van der Waals surface area contributed by atoms with Gasteiger partial charge in [0.05, 0.1) is 12.5 Å². The summed E-state index contributed by atoms with van der Waals surface area (Å²) in [6.07, 6.45) is 5.19. The van der Waals surface area contributed by atoms with Gasteiger partial charge < -0.3 is 14.8 Å². The number of carbonyl (C=O) groups excluding carboxylic acids is 1. The van der Waals surface area contributed by atoms with Crippen LogP contribution in [0.15, 0.2) is 12.3 Å².